The summed E-state index contributed by atoms with van der Waals surface area (Å²) in [6.07, 6.45) is 0.892. The molecule has 0 aliphatic carbocycles. The van der Waals surface area contributed by atoms with Crippen LogP contribution in [0.2, 0.25) is 0 Å². The maximum atomic E-state index is 12.5. The second kappa shape index (κ2) is 6.95. The molecule has 1 aromatic carbocycles. The second-order valence-electron chi connectivity index (χ2n) is 6.16. The highest BCUT2D eigenvalue weighted by molar-refractivity contribution is 6.07. The number of carbonyl (C=O) groups is 3. The predicted octanol–water partition coefficient (Wildman–Crippen LogP) is 2.35. The molecule has 26 heavy (non-hydrogen) atoms. The van der Waals surface area contributed by atoms with Gasteiger partial charge >= 0.3 is 0 Å². The summed E-state index contributed by atoms with van der Waals surface area (Å²) < 4.78 is 5.58. The molecular formula is C19H19N3O4. The van der Waals surface area contributed by atoms with E-state index in [1.54, 1.807) is 43.5 Å². The fourth-order valence-electron chi connectivity index (χ4n) is 2.76. The summed E-state index contributed by atoms with van der Waals surface area (Å²) in [6.45, 7) is 4.71. The number of benzene rings is 1. The number of anilines is 2. The molecule has 1 atom stereocenters. The van der Waals surface area contributed by atoms with Crippen molar-refractivity contribution < 1.29 is 19.1 Å². The van der Waals surface area contributed by atoms with Gasteiger partial charge < -0.3 is 10.1 Å². The van der Waals surface area contributed by atoms with Crippen molar-refractivity contribution in [1.82, 2.24) is 4.98 Å². The van der Waals surface area contributed by atoms with Crippen LogP contribution in [0.1, 0.15) is 29.9 Å². The number of rotatable bonds is 4. The molecule has 0 spiro atoms. The van der Waals surface area contributed by atoms with Crippen molar-refractivity contribution in [2.45, 2.75) is 26.9 Å². The summed E-state index contributed by atoms with van der Waals surface area (Å²) in [5.74, 6) is -0.346. The van der Waals surface area contributed by atoms with Gasteiger partial charge in [0, 0.05) is 23.1 Å². The van der Waals surface area contributed by atoms with Gasteiger partial charge in [0.15, 0.2) is 11.9 Å². The monoisotopic (exact) mass is 353 g/mol. The Morgan fingerprint density at radius 3 is 2.73 bits per heavy atom. The first-order chi connectivity index (χ1) is 12.3. The lowest BCUT2D eigenvalue weighted by molar-refractivity contribution is -0.127. The first-order valence-corrected chi connectivity index (χ1v) is 8.20. The Kier molecular flexibility index (Phi) is 4.71. The van der Waals surface area contributed by atoms with Crippen LogP contribution in [0, 0.1) is 6.92 Å². The van der Waals surface area contributed by atoms with Crippen LogP contribution in [-0.4, -0.2) is 35.2 Å². The van der Waals surface area contributed by atoms with Crippen LogP contribution in [0.15, 0.2) is 36.5 Å². The van der Waals surface area contributed by atoms with Crippen molar-refractivity contribution >= 4 is 29.0 Å². The number of Topliss-reactive ketones (excluding diaryl/α,β-unsaturated/α-hetero) is 1. The standard InChI is InChI=1S/C19H19N3O4/c1-11-8-15(6-7-20-11)21-18(24)10-22-16-9-14(12(2)23)4-5-17(16)26-13(3)19(22)25/h4-9,13H,10H2,1-3H3,(H,20,21,24). The highest BCUT2D eigenvalue weighted by Gasteiger charge is 2.33. The number of ketones is 1. The molecule has 0 bridgehead atoms. The highest BCUT2D eigenvalue weighted by atomic mass is 16.5. The third kappa shape index (κ3) is 3.56. The smallest absolute Gasteiger partial charge is 0.268 e. The van der Waals surface area contributed by atoms with Gasteiger partial charge in [-0.15, -0.1) is 0 Å². The van der Waals surface area contributed by atoms with Crippen LogP contribution in [-0.2, 0) is 9.59 Å². The quantitative estimate of drug-likeness (QED) is 0.853. The first kappa shape index (κ1) is 17.6. The van der Waals surface area contributed by atoms with Crippen molar-refractivity contribution in [3.05, 3.63) is 47.8 Å². The number of nitrogens with one attached hydrogen (secondary N) is 1. The number of carbonyl (C=O) groups excluding carboxylic acids is 3. The van der Waals surface area contributed by atoms with E-state index in [1.807, 2.05) is 6.92 Å². The summed E-state index contributed by atoms with van der Waals surface area (Å²) >= 11 is 0. The molecule has 1 aliphatic rings. The topological polar surface area (TPSA) is 88.6 Å². The summed E-state index contributed by atoms with van der Waals surface area (Å²) in [5.41, 5.74) is 2.25. The minimum absolute atomic E-state index is 0.129. The lowest BCUT2D eigenvalue weighted by Crippen LogP contribution is -2.47. The molecule has 0 fully saturated rings. The van der Waals surface area contributed by atoms with E-state index in [9.17, 15) is 14.4 Å². The van der Waals surface area contributed by atoms with Gasteiger partial charge in [-0.25, -0.2) is 0 Å². The lowest BCUT2D eigenvalue weighted by atomic mass is 10.1. The zero-order chi connectivity index (χ0) is 18.8. The van der Waals surface area contributed by atoms with Gasteiger partial charge in [-0.05, 0) is 51.1 Å². The number of amides is 2. The maximum Gasteiger partial charge on any atom is 0.268 e. The van der Waals surface area contributed by atoms with Crippen LogP contribution < -0.4 is 15.0 Å². The molecule has 0 radical (unpaired) electrons. The average Bonchev–Trinajstić information content (AvgIpc) is 2.58. The van der Waals surface area contributed by atoms with E-state index in [1.165, 1.54) is 11.8 Å². The van der Waals surface area contributed by atoms with Crippen LogP contribution in [0.4, 0.5) is 11.4 Å². The molecule has 1 unspecified atom stereocenters. The zero-order valence-electron chi connectivity index (χ0n) is 14.8. The number of nitrogens with zero attached hydrogens (tertiary/aromatic N) is 2. The van der Waals surface area contributed by atoms with Crippen molar-refractivity contribution in [3.8, 4) is 5.75 Å². The number of hydrogen-bond donors (Lipinski definition) is 1. The predicted molar refractivity (Wildman–Crippen MR) is 96.5 cm³/mol. The van der Waals surface area contributed by atoms with E-state index >= 15 is 0 Å². The lowest BCUT2D eigenvalue weighted by Gasteiger charge is -2.32. The Morgan fingerprint density at radius 1 is 1.27 bits per heavy atom. The van der Waals surface area contributed by atoms with Gasteiger partial charge in [0.05, 0.1) is 5.69 Å². The molecule has 0 saturated heterocycles. The zero-order valence-corrected chi connectivity index (χ0v) is 14.8. The van der Waals surface area contributed by atoms with Crippen LogP contribution >= 0.6 is 0 Å². The van der Waals surface area contributed by atoms with Crippen LogP contribution in [0.25, 0.3) is 0 Å². The van der Waals surface area contributed by atoms with E-state index in [2.05, 4.69) is 10.3 Å². The molecule has 1 N–H and O–H groups in total. The van der Waals surface area contributed by atoms with E-state index in [4.69, 9.17) is 4.74 Å². The molecule has 134 valence electrons. The van der Waals surface area contributed by atoms with Gasteiger partial charge in [0.2, 0.25) is 5.91 Å². The Bertz CT molecular complexity index is 894. The Balaban J connectivity index is 1.86. The number of hydrogen-bond acceptors (Lipinski definition) is 5. The van der Waals surface area contributed by atoms with Gasteiger partial charge in [0.25, 0.3) is 5.91 Å². The third-order valence-corrected chi connectivity index (χ3v) is 4.06. The Hall–Kier alpha value is -3.22. The average molecular weight is 353 g/mol. The molecule has 2 heterocycles. The summed E-state index contributed by atoms with van der Waals surface area (Å²) in [5, 5.41) is 2.75. The molecule has 1 aromatic heterocycles. The van der Waals surface area contributed by atoms with Crippen LogP contribution in [0.5, 0.6) is 5.75 Å². The van der Waals surface area contributed by atoms with Gasteiger partial charge in [-0.2, -0.15) is 0 Å². The third-order valence-electron chi connectivity index (χ3n) is 4.06. The van der Waals surface area contributed by atoms with Gasteiger partial charge in [0.1, 0.15) is 12.3 Å². The Morgan fingerprint density at radius 2 is 2.04 bits per heavy atom. The van der Waals surface area contributed by atoms with Crippen LogP contribution in [0.3, 0.4) is 0 Å². The normalized spacial score (nSPS) is 15.9. The highest BCUT2D eigenvalue weighted by Crippen LogP contribution is 2.35. The van der Waals surface area contributed by atoms with Crippen molar-refractivity contribution in [2.24, 2.45) is 0 Å². The molecule has 7 nitrogen and oxygen atoms in total. The second-order valence-corrected chi connectivity index (χ2v) is 6.16. The molecular weight excluding hydrogens is 334 g/mol. The molecule has 2 amide bonds. The summed E-state index contributed by atoms with van der Waals surface area (Å²) in [6, 6.07) is 8.28. The number of aryl methyl sites for hydroxylation is 1. The minimum Gasteiger partial charge on any atom is -0.479 e. The summed E-state index contributed by atoms with van der Waals surface area (Å²) in [7, 11) is 0. The van der Waals surface area contributed by atoms with Gasteiger partial charge in [-0.3, -0.25) is 24.3 Å². The minimum atomic E-state index is -0.707. The van der Waals surface area contributed by atoms with E-state index in [-0.39, 0.29) is 24.1 Å². The fraction of sp³-hybridized carbons (Fsp3) is 0.263. The molecule has 2 aromatic rings. The summed E-state index contributed by atoms with van der Waals surface area (Å²) in [4.78, 5) is 42.0. The molecule has 1 aliphatic heterocycles. The SMILES string of the molecule is CC(=O)c1ccc2c(c1)N(CC(=O)Nc1ccnc(C)c1)C(=O)C(C)O2. The fourth-order valence-corrected chi connectivity index (χ4v) is 2.76. The number of aromatic nitrogens is 1. The first-order valence-electron chi connectivity index (χ1n) is 8.20. The van der Waals surface area contributed by atoms with E-state index < -0.39 is 6.10 Å². The molecule has 7 heteroatoms. The molecule has 3 rings (SSSR count). The number of fused-ring (bicyclic) bond motifs is 1. The van der Waals surface area contributed by atoms with Crippen molar-refractivity contribution in [2.75, 3.05) is 16.8 Å². The van der Waals surface area contributed by atoms with E-state index in [0.29, 0.717) is 22.7 Å². The van der Waals surface area contributed by atoms with Crippen molar-refractivity contribution in [3.63, 3.8) is 0 Å². The van der Waals surface area contributed by atoms with E-state index in [0.717, 1.165) is 5.69 Å². The number of ether oxygens (including phenoxy) is 1. The Labute approximate surface area is 151 Å². The molecule has 0 saturated carbocycles. The maximum absolute atomic E-state index is 12.5. The number of pyridine rings is 1. The van der Waals surface area contributed by atoms with Gasteiger partial charge in [-0.1, -0.05) is 0 Å². The largest absolute Gasteiger partial charge is 0.479 e. The van der Waals surface area contributed by atoms with Crippen molar-refractivity contribution in [1.29, 1.82) is 0 Å².